The molecule has 1 atom stereocenters. The predicted molar refractivity (Wildman–Crippen MR) is 82.3 cm³/mol. The van der Waals surface area contributed by atoms with Gasteiger partial charge in [-0.25, -0.2) is 0 Å². The average molecular weight is 288 g/mol. The summed E-state index contributed by atoms with van der Waals surface area (Å²) in [6, 6.07) is 8.19. The van der Waals surface area contributed by atoms with Crippen molar-refractivity contribution in [3.63, 3.8) is 0 Å². The second-order valence-corrected chi connectivity index (χ2v) is 5.98. The van der Waals surface area contributed by atoms with E-state index in [-0.39, 0.29) is 18.2 Å². The first kappa shape index (κ1) is 15.7. The quantitative estimate of drug-likeness (QED) is 0.770. The summed E-state index contributed by atoms with van der Waals surface area (Å²) < 4.78 is 4.82. The number of carbonyl (C=O) groups excluding carboxylic acids is 2. The third-order valence-electron chi connectivity index (χ3n) is 4.39. The van der Waals surface area contributed by atoms with Crippen molar-refractivity contribution < 1.29 is 14.3 Å². The topological polar surface area (TPSA) is 43.4 Å². The predicted octanol–water partition coefficient (Wildman–Crippen LogP) is 3.97. The Balaban J connectivity index is 2.14. The van der Waals surface area contributed by atoms with E-state index in [1.807, 2.05) is 12.1 Å². The molecule has 0 heterocycles. The van der Waals surface area contributed by atoms with Gasteiger partial charge in [-0.1, -0.05) is 43.5 Å². The second kappa shape index (κ2) is 7.39. The van der Waals surface area contributed by atoms with Crippen molar-refractivity contribution in [1.29, 1.82) is 0 Å². The maximum atomic E-state index is 11.9. The van der Waals surface area contributed by atoms with E-state index in [1.54, 1.807) is 0 Å². The monoisotopic (exact) mass is 288 g/mol. The van der Waals surface area contributed by atoms with E-state index in [0.717, 1.165) is 5.56 Å². The molecule has 0 aliphatic heterocycles. The Kier molecular flexibility index (Phi) is 5.54. The van der Waals surface area contributed by atoms with Gasteiger partial charge >= 0.3 is 5.97 Å². The maximum Gasteiger partial charge on any atom is 0.313 e. The minimum absolute atomic E-state index is 0.00163. The van der Waals surface area contributed by atoms with Gasteiger partial charge in [-0.15, -0.1) is 0 Å². The first-order valence-electron chi connectivity index (χ1n) is 7.79. The van der Waals surface area contributed by atoms with E-state index in [9.17, 15) is 9.59 Å². The highest BCUT2D eigenvalue weighted by Gasteiger charge is 2.23. The molecule has 21 heavy (non-hydrogen) atoms. The largest absolute Gasteiger partial charge is 0.469 e. The van der Waals surface area contributed by atoms with Crippen LogP contribution in [-0.4, -0.2) is 18.9 Å². The summed E-state index contributed by atoms with van der Waals surface area (Å²) in [4.78, 5) is 23.2. The van der Waals surface area contributed by atoms with Gasteiger partial charge in [0.25, 0.3) is 0 Å². The number of benzene rings is 1. The molecule has 114 valence electrons. The minimum Gasteiger partial charge on any atom is -0.469 e. The van der Waals surface area contributed by atoms with Gasteiger partial charge in [0.1, 0.15) is 5.78 Å². The van der Waals surface area contributed by atoms with Gasteiger partial charge in [-0.05, 0) is 36.8 Å². The molecule has 0 bridgehead atoms. The summed E-state index contributed by atoms with van der Waals surface area (Å²) in [7, 11) is 1.37. The van der Waals surface area contributed by atoms with Crippen molar-refractivity contribution in [3.05, 3.63) is 35.4 Å². The second-order valence-electron chi connectivity index (χ2n) is 5.98. The molecule has 3 heteroatoms. The van der Waals surface area contributed by atoms with Crippen molar-refractivity contribution in [2.75, 3.05) is 7.11 Å². The lowest BCUT2D eigenvalue weighted by Gasteiger charge is -2.22. The molecule has 3 nitrogen and oxygen atoms in total. The zero-order chi connectivity index (χ0) is 15.2. The lowest BCUT2D eigenvalue weighted by atomic mass is 9.83. The summed E-state index contributed by atoms with van der Waals surface area (Å²) in [6.45, 7) is 1.51. The van der Waals surface area contributed by atoms with E-state index in [2.05, 4.69) is 12.1 Å². The third kappa shape index (κ3) is 4.16. The zero-order valence-electron chi connectivity index (χ0n) is 12.9. The van der Waals surface area contributed by atoms with Crippen molar-refractivity contribution >= 4 is 11.8 Å². The Labute approximate surface area is 126 Å². The number of rotatable bonds is 5. The molecule has 0 amide bonds. The molecule has 2 rings (SSSR count). The number of hydrogen-bond donors (Lipinski definition) is 0. The summed E-state index contributed by atoms with van der Waals surface area (Å²) in [5.41, 5.74) is 2.22. The number of ether oxygens (including phenoxy) is 1. The van der Waals surface area contributed by atoms with Crippen LogP contribution in [0.25, 0.3) is 0 Å². The highest BCUT2D eigenvalue weighted by atomic mass is 16.5. The van der Waals surface area contributed by atoms with Crippen LogP contribution >= 0.6 is 0 Å². The molecule has 0 saturated heterocycles. The van der Waals surface area contributed by atoms with Gasteiger partial charge < -0.3 is 4.74 Å². The van der Waals surface area contributed by atoms with Crippen molar-refractivity contribution in [3.8, 4) is 0 Å². The van der Waals surface area contributed by atoms with E-state index in [0.29, 0.717) is 5.92 Å². The molecule has 1 unspecified atom stereocenters. The minimum atomic E-state index is -0.479. The summed E-state index contributed by atoms with van der Waals surface area (Å²) in [5, 5.41) is 0. The average Bonchev–Trinajstić information content (AvgIpc) is 2.53. The van der Waals surface area contributed by atoms with Crippen LogP contribution in [0.1, 0.15) is 68.4 Å². The lowest BCUT2D eigenvalue weighted by molar-refractivity contribution is -0.143. The summed E-state index contributed by atoms with van der Waals surface area (Å²) in [5.74, 6) is -0.164. The van der Waals surface area contributed by atoms with Gasteiger partial charge in [0, 0.05) is 6.42 Å². The number of carbonyl (C=O) groups is 2. The van der Waals surface area contributed by atoms with Gasteiger partial charge in [0.2, 0.25) is 0 Å². The summed E-state index contributed by atoms with van der Waals surface area (Å²) in [6.07, 6.45) is 6.68. The molecule has 0 aromatic heterocycles. The smallest absolute Gasteiger partial charge is 0.313 e. The molecule has 1 aliphatic rings. The fourth-order valence-corrected chi connectivity index (χ4v) is 3.20. The van der Waals surface area contributed by atoms with Gasteiger partial charge in [-0.3, -0.25) is 9.59 Å². The van der Waals surface area contributed by atoms with Crippen LogP contribution in [0.2, 0.25) is 0 Å². The molecule has 1 fully saturated rings. The van der Waals surface area contributed by atoms with Crippen LogP contribution in [0, 0.1) is 0 Å². The maximum absolute atomic E-state index is 11.9. The van der Waals surface area contributed by atoms with Crippen LogP contribution < -0.4 is 0 Å². The van der Waals surface area contributed by atoms with Crippen molar-refractivity contribution in [2.24, 2.45) is 0 Å². The van der Waals surface area contributed by atoms with E-state index in [1.165, 1.54) is 51.7 Å². The number of esters is 1. The number of hydrogen-bond acceptors (Lipinski definition) is 3. The van der Waals surface area contributed by atoms with Gasteiger partial charge in [0.05, 0.1) is 13.0 Å². The Hall–Kier alpha value is -1.64. The first-order chi connectivity index (χ1) is 10.1. The third-order valence-corrected chi connectivity index (χ3v) is 4.39. The van der Waals surface area contributed by atoms with Crippen LogP contribution in [0.15, 0.2) is 24.3 Å². The zero-order valence-corrected chi connectivity index (χ0v) is 12.9. The van der Waals surface area contributed by atoms with E-state index in [4.69, 9.17) is 4.74 Å². The Morgan fingerprint density at radius 1 is 1.14 bits per heavy atom. The molecule has 0 N–H and O–H groups in total. The number of ketones is 1. The molecule has 1 aliphatic carbocycles. The Bertz CT molecular complexity index is 484. The van der Waals surface area contributed by atoms with Gasteiger partial charge in [-0.2, -0.15) is 0 Å². The Morgan fingerprint density at radius 2 is 1.76 bits per heavy atom. The van der Waals surface area contributed by atoms with Crippen molar-refractivity contribution in [2.45, 2.75) is 57.3 Å². The van der Waals surface area contributed by atoms with E-state index < -0.39 is 5.92 Å². The fraction of sp³-hybridized carbons (Fsp3) is 0.556. The summed E-state index contributed by atoms with van der Waals surface area (Å²) >= 11 is 0. The molecule has 1 aromatic rings. The first-order valence-corrected chi connectivity index (χ1v) is 7.79. The molecule has 0 spiro atoms. The SMILES string of the molecule is COC(=O)C(CC(C)=O)c1ccc(C2CCCCC2)cc1. The number of Topliss-reactive ketones (excluding diaryl/α,β-unsaturated/α-hetero) is 1. The number of methoxy groups -OCH3 is 1. The molecular formula is C18H24O3. The van der Waals surface area contributed by atoms with Crippen LogP contribution in [-0.2, 0) is 14.3 Å². The highest BCUT2D eigenvalue weighted by molar-refractivity contribution is 5.86. The Morgan fingerprint density at radius 3 is 2.29 bits per heavy atom. The molecule has 0 radical (unpaired) electrons. The van der Waals surface area contributed by atoms with Crippen LogP contribution in [0.4, 0.5) is 0 Å². The van der Waals surface area contributed by atoms with Gasteiger partial charge in [0.15, 0.2) is 0 Å². The molecular weight excluding hydrogens is 264 g/mol. The molecule has 1 aromatic carbocycles. The fourth-order valence-electron chi connectivity index (χ4n) is 3.20. The van der Waals surface area contributed by atoms with Crippen molar-refractivity contribution in [1.82, 2.24) is 0 Å². The normalized spacial score (nSPS) is 17.2. The van der Waals surface area contributed by atoms with Crippen LogP contribution in [0.3, 0.4) is 0 Å². The van der Waals surface area contributed by atoms with Crippen LogP contribution in [0.5, 0.6) is 0 Å². The standard InChI is InChI=1S/C18H24O3/c1-13(19)12-17(18(20)21-2)16-10-8-15(9-11-16)14-6-4-3-5-7-14/h8-11,14,17H,3-7,12H2,1-2H3. The highest BCUT2D eigenvalue weighted by Crippen LogP contribution is 2.33. The lowest BCUT2D eigenvalue weighted by Crippen LogP contribution is -2.17. The van der Waals surface area contributed by atoms with E-state index >= 15 is 0 Å². The molecule has 1 saturated carbocycles.